The van der Waals surface area contributed by atoms with Gasteiger partial charge in [0.05, 0.1) is 11.5 Å². The van der Waals surface area contributed by atoms with Crippen molar-refractivity contribution >= 4 is 33.3 Å². The highest BCUT2D eigenvalue weighted by Gasteiger charge is 2.20. The number of carbonyl (C=O) groups excluding carboxylic acids is 1. The minimum atomic E-state index is -3.35. The molecule has 0 saturated heterocycles. The molecule has 0 fully saturated rings. The van der Waals surface area contributed by atoms with Crippen LogP contribution in [0.15, 0.2) is 53.7 Å². The fourth-order valence-corrected chi connectivity index (χ4v) is 3.38. The number of rotatable bonds is 6. The Kier molecular flexibility index (Phi) is 5.27. The molecule has 1 N–H and O–H groups in total. The Morgan fingerprint density at radius 2 is 1.87 bits per heavy atom. The molecule has 0 unspecified atom stereocenters. The molecule has 0 amide bonds. The molecule has 0 bridgehead atoms. The summed E-state index contributed by atoms with van der Waals surface area (Å²) in [6.45, 7) is 1.72. The lowest BCUT2D eigenvalue weighted by molar-refractivity contribution is -0.645. The zero-order chi connectivity index (χ0) is 17.0. The van der Waals surface area contributed by atoms with Crippen molar-refractivity contribution in [1.29, 1.82) is 0 Å². The molecule has 0 saturated carbocycles. The SMILES string of the molecule is C[C@@H](Sc1cccc[n+]1[O-])C(=O)c1ccc(NS(C)(=O)=O)cc1. The van der Waals surface area contributed by atoms with Crippen molar-refractivity contribution in [2.24, 2.45) is 0 Å². The van der Waals surface area contributed by atoms with Gasteiger partial charge in [0.25, 0.3) is 5.03 Å². The van der Waals surface area contributed by atoms with E-state index in [0.29, 0.717) is 21.0 Å². The monoisotopic (exact) mass is 352 g/mol. The molecular weight excluding hydrogens is 336 g/mol. The van der Waals surface area contributed by atoms with Gasteiger partial charge < -0.3 is 5.21 Å². The summed E-state index contributed by atoms with van der Waals surface area (Å²) in [6.07, 6.45) is 2.44. The minimum Gasteiger partial charge on any atom is -0.618 e. The Morgan fingerprint density at radius 1 is 1.22 bits per heavy atom. The molecule has 0 aliphatic heterocycles. The van der Waals surface area contributed by atoms with E-state index in [2.05, 4.69) is 4.72 Å². The summed E-state index contributed by atoms with van der Waals surface area (Å²) in [4.78, 5) is 12.4. The first-order valence-corrected chi connectivity index (χ1v) is 9.50. The fourth-order valence-electron chi connectivity index (χ4n) is 1.89. The molecule has 1 aromatic carbocycles. The zero-order valence-electron chi connectivity index (χ0n) is 12.6. The fraction of sp³-hybridized carbons (Fsp3) is 0.200. The molecule has 23 heavy (non-hydrogen) atoms. The quantitative estimate of drug-likeness (QED) is 0.372. The molecule has 8 heteroatoms. The summed E-state index contributed by atoms with van der Waals surface area (Å²) in [6, 6.07) is 11.2. The molecule has 2 rings (SSSR count). The van der Waals surface area contributed by atoms with Crippen molar-refractivity contribution in [3.8, 4) is 0 Å². The minimum absolute atomic E-state index is 0.134. The van der Waals surface area contributed by atoms with E-state index in [9.17, 15) is 18.4 Å². The number of anilines is 1. The molecule has 1 atom stereocenters. The van der Waals surface area contributed by atoms with Crippen molar-refractivity contribution in [1.82, 2.24) is 0 Å². The Hall–Kier alpha value is -2.06. The van der Waals surface area contributed by atoms with Crippen LogP contribution in [-0.4, -0.2) is 25.7 Å². The first-order chi connectivity index (χ1) is 10.8. The maximum absolute atomic E-state index is 12.4. The molecule has 0 aliphatic carbocycles. The molecule has 0 spiro atoms. The summed E-state index contributed by atoms with van der Waals surface area (Å²) in [5.41, 5.74) is 0.849. The van der Waals surface area contributed by atoms with Crippen molar-refractivity contribution in [3.05, 3.63) is 59.4 Å². The van der Waals surface area contributed by atoms with E-state index in [-0.39, 0.29) is 5.78 Å². The number of nitrogens with one attached hydrogen (secondary N) is 1. The Balaban J connectivity index is 2.09. The van der Waals surface area contributed by atoms with Gasteiger partial charge in [0.1, 0.15) is 0 Å². The van der Waals surface area contributed by atoms with E-state index in [1.54, 1.807) is 37.3 Å². The van der Waals surface area contributed by atoms with Crippen LogP contribution in [-0.2, 0) is 10.0 Å². The second-order valence-corrected chi connectivity index (χ2v) is 8.05. The predicted molar refractivity (Wildman–Crippen MR) is 90.0 cm³/mol. The normalized spacial score (nSPS) is 12.6. The number of benzene rings is 1. The highest BCUT2D eigenvalue weighted by atomic mass is 32.2. The maximum atomic E-state index is 12.4. The molecule has 2 aromatic rings. The average molecular weight is 352 g/mol. The lowest BCUT2D eigenvalue weighted by Crippen LogP contribution is -2.29. The lowest BCUT2D eigenvalue weighted by atomic mass is 10.1. The summed E-state index contributed by atoms with van der Waals surface area (Å²) < 4.78 is 25.3. The highest BCUT2D eigenvalue weighted by molar-refractivity contribution is 8.00. The zero-order valence-corrected chi connectivity index (χ0v) is 14.2. The van der Waals surface area contributed by atoms with Gasteiger partial charge in [-0.3, -0.25) is 9.52 Å². The molecule has 0 aliphatic rings. The van der Waals surface area contributed by atoms with Gasteiger partial charge >= 0.3 is 0 Å². The second kappa shape index (κ2) is 7.01. The maximum Gasteiger partial charge on any atom is 0.252 e. The van der Waals surface area contributed by atoms with E-state index in [4.69, 9.17) is 0 Å². The van der Waals surface area contributed by atoms with E-state index in [0.717, 1.165) is 6.26 Å². The second-order valence-electron chi connectivity index (χ2n) is 4.94. The molecule has 1 heterocycles. The summed E-state index contributed by atoms with van der Waals surface area (Å²) in [5, 5.41) is 11.6. The van der Waals surface area contributed by atoms with Gasteiger partial charge in [-0.05, 0) is 49.0 Å². The first kappa shape index (κ1) is 17.3. The van der Waals surface area contributed by atoms with Crippen LogP contribution in [0.4, 0.5) is 5.69 Å². The van der Waals surface area contributed by atoms with Gasteiger partial charge in [0.15, 0.2) is 12.0 Å². The smallest absolute Gasteiger partial charge is 0.252 e. The van der Waals surface area contributed by atoms with Gasteiger partial charge in [-0.25, -0.2) is 8.42 Å². The number of thioether (sulfide) groups is 1. The van der Waals surface area contributed by atoms with Crippen molar-refractivity contribution in [2.75, 3.05) is 11.0 Å². The average Bonchev–Trinajstić information content (AvgIpc) is 2.48. The molecule has 0 radical (unpaired) electrons. The number of nitrogens with zero attached hydrogens (tertiary/aromatic N) is 1. The molecular formula is C15H16N2O4S2. The summed E-state index contributed by atoms with van der Waals surface area (Å²) >= 11 is 1.18. The largest absolute Gasteiger partial charge is 0.618 e. The predicted octanol–water partition coefficient (Wildman–Crippen LogP) is 2.05. The number of hydrogen-bond donors (Lipinski definition) is 1. The standard InChI is InChI=1S/C15H16N2O4S2/c1-11(22-14-5-3-4-10-17(14)19)15(18)12-6-8-13(9-7-12)16-23(2,20)21/h3-11,16H,1-2H3/t11-/m1/s1. The number of Topliss-reactive ketones (excluding diaryl/α,β-unsaturated/α-hetero) is 1. The van der Waals surface area contributed by atoms with Crippen molar-refractivity contribution in [3.63, 3.8) is 0 Å². The number of ketones is 1. The van der Waals surface area contributed by atoms with Gasteiger partial charge in [-0.15, -0.1) is 0 Å². The van der Waals surface area contributed by atoms with E-state index in [1.807, 2.05) is 0 Å². The Bertz CT molecular complexity index is 804. The third kappa shape index (κ3) is 4.97. The number of pyridine rings is 1. The van der Waals surface area contributed by atoms with Gasteiger partial charge in [0, 0.05) is 23.4 Å². The first-order valence-electron chi connectivity index (χ1n) is 6.73. The van der Waals surface area contributed by atoms with Crippen LogP contribution in [0.25, 0.3) is 0 Å². The Labute approximate surface area is 139 Å². The number of hydrogen-bond acceptors (Lipinski definition) is 5. The Morgan fingerprint density at radius 3 is 2.43 bits per heavy atom. The van der Waals surface area contributed by atoms with Crippen molar-refractivity contribution < 1.29 is 17.9 Å². The summed E-state index contributed by atoms with van der Waals surface area (Å²) in [7, 11) is -3.35. The highest BCUT2D eigenvalue weighted by Crippen LogP contribution is 2.23. The van der Waals surface area contributed by atoms with Crippen LogP contribution < -0.4 is 9.45 Å². The molecule has 1 aromatic heterocycles. The third-order valence-electron chi connectivity index (χ3n) is 2.93. The topological polar surface area (TPSA) is 90.2 Å². The molecule has 122 valence electrons. The number of sulfonamides is 1. The van der Waals surface area contributed by atoms with Gasteiger partial charge in [-0.2, -0.15) is 4.73 Å². The van der Waals surface area contributed by atoms with E-state index < -0.39 is 15.3 Å². The van der Waals surface area contributed by atoms with E-state index in [1.165, 1.54) is 30.1 Å². The third-order valence-corrected chi connectivity index (χ3v) is 4.66. The van der Waals surface area contributed by atoms with Crippen LogP contribution in [0, 0.1) is 5.21 Å². The van der Waals surface area contributed by atoms with Crippen LogP contribution in [0.2, 0.25) is 0 Å². The van der Waals surface area contributed by atoms with Crippen LogP contribution >= 0.6 is 11.8 Å². The van der Waals surface area contributed by atoms with Crippen LogP contribution in [0.5, 0.6) is 0 Å². The summed E-state index contributed by atoms with van der Waals surface area (Å²) in [5.74, 6) is -0.134. The molecule has 6 nitrogen and oxygen atoms in total. The van der Waals surface area contributed by atoms with Crippen LogP contribution in [0.3, 0.4) is 0 Å². The number of carbonyl (C=O) groups is 1. The number of aromatic nitrogens is 1. The lowest BCUT2D eigenvalue weighted by Gasteiger charge is -2.10. The van der Waals surface area contributed by atoms with Gasteiger partial charge in [0.2, 0.25) is 10.0 Å². The van der Waals surface area contributed by atoms with E-state index >= 15 is 0 Å². The van der Waals surface area contributed by atoms with Crippen LogP contribution in [0.1, 0.15) is 17.3 Å². The van der Waals surface area contributed by atoms with Crippen molar-refractivity contribution in [2.45, 2.75) is 17.2 Å². The van der Waals surface area contributed by atoms with Gasteiger partial charge in [-0.1, -0.05) is 0 Å².